The van der Waals surface area contributed by atoms with Gasteiger partial charge in [0.25, 0.3) is 5.91 Å². The predicted molar refractivity (Wildman–Crippen MR) is 107 cm³/mol. The van der Waals surface area contributed by atoms with Crippen LogP contribution in [-0.2, 0) is 6.42 Å². The Kier molecular flexibility index (Phi) is 4.30. The second-order valence-corrected chi connectivity index (χ2v) is 6.88. The van der Waals surface area contributed by atoms with Crippen LogP contribution in [-0.4, -0.2) is 30.8 Å². The van der Waals surface area contributed by atoms with Crippen molar-refractivity contribution in [2.45, 2.75) is 13.3 Å². The van der Waals surface area contributed by atoms with Gasteiger partial charge in [-0.2, -0.15) is 0 Å². The summed E-state index contributed by atoms with van der Waals surface area (Å²) >= 11 is 1.32. The number of hydrogen-bond donors (Lipinski definition) is 2. The molecule has 3 heterocycles. The molecule has 0 aliphatic carbocycles. The molecule has 0 saturated heterocycles. The van der Waals surface area contributed by atoms with Gasteiger partial charge in [-0.15, -0.1) is 11.3 Å². The Hall–Kier alpha value is -2.93. The molecule has 1 aromatic carbocycles. The number of rotatable bonds is 5. The highest BCUT2D eigenvalue weighted by molar-refractivity contribution is 7.21. The van der Waals surface area contributed by atoms with Gasteiger partial charge >= 0.3 is 0 Å². The SMILES string of the molecule is C=Nc1c(C(=O)Nc2ccc3c(c2)CCO3)sc2nccc(NCC)c12. The molecule has 6 nitrogen and oxygen atoms in total. The summed E-state index contributed by atoms with van der Waals surface area (Å²) in [6.45, 7) is 7.13. The maximum absolute atomic E-state index is 12.9. The van der Waals surface area contributed by atoms with Crippen molar-refractivity contribution in [2.75, 3.05) is 23.8 Å². The lowest BCUT2D eigenvalue weighted by atomic mass is 10.1. The van der Waals surface area contributed by atoms with E-state index in [0.29, 0.717) is 17.2 Å². The fraction of sp³-hybridized carbons (Fsp3) is 0.211. The lowest BCUT2D eigenvalue weighted by Crippen LogP contribution is -2.10. The molecule has 26 heavy (non-hydrogen) atoms. The molecule has 0 saturated carbocycles. The van der Waals surface area contributed by atoms with Crippen molar-refractivity contribution < 1.29 is 9.53 Å². The molecule has 4 rings (SSSR count). The minimum Gasteiger partial charge on any atom is -0.493 e. The highest BCUT2D eigenvalue weighted by atomic mass is 32.1. The topological polar surface area (TPSA) is 75.6 Å². The highest BCUT2D eigenvalue weighted by Gasteiger charge is 2.21. The van der Waals surface area contributed by atoms with Gasteiger partial charge in [-0.05, 0) is 43.5 Å². The van der Waals surface area contributed by atoms with E-state index >= 15 is 0 Å². The third kappa shape index (κ3) is 2.80. The number of carbonyl (C=O) groups is 1. The number of nitrogens with one attached hydrogen (secondary N) is 2. The second kappa shape index (κ2) is 6.76. The van der Waals surface area contributed by atoms with Gasteiger partial charge in [0.05, 0.1) is 17.7 Å². The van der Waals surface area contributed by atoms with Crippen LogP contribution < -0.4 is 15.4 Å². The third-order valence-electron chi connectivity index (χ3n) is 4.25. The molecule has 0 radical (unpaired) electrons. The molecule has 7 heteroatoms. The molecule has 1 amide bonds. The monoisotopic (exact) mass is 366 g/mol. The summed E-state index contributed by atoms with van der Waals surface area (Å²) in [4.78, 5) is 22.6. The molecule has 1 aliphatic rings. The summed E-state index contributed by atoms with van der Waals surface area (Å²) in [5.74, 6) is 0.675. The maximum Gasteiger partial charge on any atom is 0.268 e. The molecule has 2 N–H and O–H groups in total. The predicted octanol–water partition coefficient (Wildman–Crippen LogP) is 4.25. The average molecular weight is 366 g/mol. The van der Waals surface area contributed by atoms with E-state index in [2.05, 4.69) is 27.3 Å². The number of carbonyl (C=O) groups excluding carboxylic acids is 1. The number of aromatic nitrogens is 1. The first kappa shape index (κ1) is 16.5. The number of aliphatic imine (C=N–C) groups is 1. The summed E-state index contributed by atoms with van der Waals surface area (Å²) in [6.07, 6.45) is 2.59. The number of thiophene rings is 1. The smallest absolute Gasteiger partial charge is 0.268 e. The molecule has 2 aromatic heterocycles. The molecule has 0 fully saturated rings. The number of pyridine rings is 1. The fourth-order valence-corrected chi connectivity index (χ4v) is 4.12. The van der Waals surface area contributed by atoms with E-state index in [-0.39, 0.29) is 5.91 Å². The first-order chi connectivity index (χ1) is 12.7. The molecule has 0 bridgehead atoms. The van der Waals surface area contributed by atoms with Gasteiger partial charge < -0.3 is 15.4 Å². The largest absolute Gasteiger partial charge is 0.493 e. The van der Waals surface area contributed by atoms with Crippen molar-refractivity contribution >= 4 is 51.2 Å². The zero-order valence-electron chi connectivity index (χ0n) is 14.3. The summed E-state index contributed by atoms with van der Waals surface area (Å²) < 4.78 is 5.51. The van der Waals surface area contributed by atoms with Gasteiger partial charge in [0, 0.05) is 30.5 Å². The van der Waals surface area contributed by atoms with Crippen LogP contribution in [0, 0.1) is 0 Å². The van der Waals surface area contributed by atoms with Crippen molar-refractivity contribution in [3.63, 3.8) is 0 Å². The average Bonchev–Trinajstić information content (AvgIpc) is 3.26. The summed E-state index contributed by atoms with van der Waals surface area (Å²) in [5.41, 5.74) is 3.32. The van der Waals surface area contributed by atoms with E-state index in [4.69, 9.17) is 4.74 Å². The Labute approximate surface area is 154 Å². The summed E-state index contributed by atoms with van der Waals surface area (Å²) in [6, 6.07) is 7.57. The van der Waals surface area contributed by atoms with E-state index in [9.17, 15) is 4.79 Å². The van der Waals surface area contributed by atoms with Crippen molar-refractivity contribution in [1.29, 1.82) is 0 Å². The lowest BCUT2D eigenvalue weighted by Gasteiger charge is -2.07. The van der Waals surface area contributed by atoms with Crippen molar-refractivity contribution in [2.24, 2.45) is 4.99 Å². The second-order valence-electron chi connectivity index (χ2n) is 5.88. The highest BCUT2D eigenvalue weighted by Crippen LogP contribution is 2.41. The van der Waals surface area contributed by atoms with E-state index in [0.717, 1.165) is 45.9 Å². The van der Waals surface area contributed by atoms with Crippen LogP contribution in [0.4, 0.5) is 17.1 Å². The number of hydrogen-bond acceptors (Lipinski definition) is 6. The van der Waals surface area contributed by atoms with Gasteiger partial charge in [-0.3, -0.25) is 9.79 Å². The summed E-state index contributed by atoms with van der Waals surface area (Å²) in [5, 5.41) is 7.08. The van der Waals surface area contributed by atoms with Crippen LogP contribution in [0.15, 0.2) is 35.5 Å². The molecule has 1 aliphatic heterocycles. The molecular weight excluding hydrogens is 348 g/mol. The van der Waals surface area contributed by atoms with Crippen LogP contribution in [0.2, 0.25) is 0 Å². The Morgan fingerprint density at radius 1 is 1.42 bits per heavy atom. The first-order valence-corrected chi connectivity index (χ1v) is 9.22. The molecule has 0 atom stereocenters. The van der Waals surface area contributed by atoms with Gasteiger partial charge in [-0.25, -0.2) is 4.98 Å². The molecule has 3 aromatic rings. The maximum atomic E-state index is 12.9. The van der Waals surface area contributed by atoms with Gasteiger partial charge in [-0.1, -0.05) is 0 Å². The number of amides is 1. The number of benzene rings is 1. The molecular formula is C19H18N4O2S. The molecule has 132 valence electrons. The van der Waals surface area contributed by atoms with E-state index in [1.165, 1.54) is 11.3 Å². The van der Waals surface area contributed by atoms with Gasteiger partial charge in [0.15, 0.2) is 0 Å². The fourth-order valence-electron chi connectivity index (χ4n) is 3.10. The number of ether oxygens (including phenoxy) is 1. The summed E-state index contributed by atoms with van der Waals surface area (Å²) in [7, 11) is 0. The van der Waals surface area contributed by atoms with Gasteiger partial charge in [0.1, 0.15) is 15.5 Å². The number of nitrogens with zero attached hydrogens (tertiary/aromatic N) is 2. The van der Waals surface area contributed by atoms with Crippen LogP contribution in [0.1, 0.15) is 22.2 Å². The zero-order valence-corrected chi connectivity index (χ0v) is 15.2. The van der Waals surface area contributed by atoms with Crippen molar-refractivity contribution in [3.05, 3.63) is 40.9 Å². The molecule has 0 spiro atoms. The number of anilines is 2. The van der Waals surface area contributed by atoms with Crippen LogP contribution in [0.5, 0.6) is 5.75 Å². The van der Waals surface area contributed by atoms with Crippen LogP contribution >= 0.6 is 11.3 Å². The zero-order chi connectivity index (χ0) is 18.1. The Morgan fingerprint density at radius 3 is 3.12 bits per heavy atom. The normalized spacial score (nSPS) is 12.5. The minimum atomic E-state index is -0.211. The van der Waals surface area contributed by atoms with E-state index in [1.807, 2.05) is 31.2 Å². The van der Waals surface area contributed by atoms with E-state index < -0.39 is 0 Å². The number of fused-ring (bicyclic) bond motifs is 2. The first-order valence-electron chi connectivity index (χ1n) is 8.40. The van der Waals surface area contributed by atoms with Crippen molar-refractivity contribution in [1.82, 2.24) is 4.98 Å². The quantitative estimate of drug-likeness (QED) is 0.662. The van der Waals surface area contributed by atoms with Gasteiger partial charge in [0.2, 0.25) is 0 Å². The van der Waals surface area contributed by atoms with E-state index in [1.54, 1.807) is 6.20 Å². The van der Waals surface area contributed by atoms with Crippen LogP contribution in [0.25, 0.3) is 10.2 Å². The van der Waals surface area contributed by atoms with Crippen LogP contribution in [0.3, 0.4) is 0 Å². The Bertz CT molecular complexity index is 1010. The standard InChI is InChI=1S/C19H18N4O2S/c1-3-21-13-6-8-22-19-15(13)16(20-2)17(26-19)18(24)23-12-4-5-14-11(10-12)7-9-25-14/h4-6,8,10H,2-3,7,9H2,1H3,(H,21,22)(H,23,24). The molecule has 0 unspecified atom stereocenters. The Balaban J connectivity index is 1.70. The lowest BCUT2D eigenvalue weighted by molar-refractivity contribution is 0.103. The Morgan fingerprint density at radius 2 is 2.31 bits per heavy atom. The van der Waals surface area contributed by atoms with Crippen molar-refractivity contribution in [3.8, 4) is 5.75 Å². The minimum absolute atomic E-state index is 0.211. The third-order valence-corrected chi connectivity index (χ3v) is 5.33.